The zero-order valence-corrected chi connectivity index (χ0v) is 13.6. The van der Waals surface area contributed by atoms with Crippen molar-refractivity contribution in [1.82, 2.24) is 4.98 Å². The van der Waals surface area contributed by atoms with Crippen molar-refractivity contribution in [1.29, 1.82) is 0 Å². The molecule has 4 nitrogen and oxygen atoms in total. The highest BCUT2D eigenvalue weighted by Crippen LogP contribution is 2.24. The van der Waals surface area contributed by atoms with E-state index in [0.717, 1.165) is 29.7 Å². The quantitative estimate of drug-likeness (QED) is 0.647. The molecule has 0 aliphatic heterocycles. The number of H-pyrrole nitrogens is 1. The predicted molar refractivity (Wildman–Crippen MR) is 95.6 cm³/mol. The van der Waals surface area contributed by atoms with Crippen molar-refractivity contribution >= 4 is 23.3 Å². The summed E-state index contributed by atoms with van der Waals surface area (Å²) >= 11 is 0. The Morgan fingerprint density at radius 2 is 1.83 bits per heavy atom. The van der Waals surface area contributed by atoms with E-state index in [1.54, 1.807) is 12.1 Å². The van der Waals surface area contributed by atoms with Gasteiger partial charge in [-0.15, -0.1) is 12.4 Å². The fourth-order valence-corrected chi connectivity index (χ4v) is 2.56. The topological polar surface area (TPSA) is 71.3 Å². The van der Waals surface area contributed by atoms with Crippen LogP contribution in [0.5, 0.6) is 11.5 Å². The highest BCUT2D eigenvalue weighted by molar-refractivity contribution is 5.85. The summed E-state index contributed by atoms with van der Waals surface area (Å²) in [6.07, 6.45) is 3.68. The molecular weight excluding hydrogens is 312 g/mol. The average Bonchev–Trinajstić information content (AvgIpc) is 2.92. The summed E-state index contributed by atoms with van der Waals surface area (Å²) in [5.74, 6) is 1.15. The van der Waals surface area contributed by atoms with Crippen LogP contribution in [0.1, 0.15) is 11.1 Å². The van der Waals surface area contributed by atoms with Crippen molar-refractivity contribution in [3.63, 3.8) is 0 Å². The molecule has 3 rings (SSSR count). The number of benzene rings is 2. The molecule has 0 spiro atoms. The third-order valence-corrected chi connectivity index (χ3v) is 3.75. The van der Waals surface area contributed by atoms with E-state index in [1.807, 2.05) is 30.5 Å². The number of aromatic hydroxyl groups is 1. The summed E-state index contributed by atoms with van der Waals surface area (Å²) < 4.78 is 5.84. The van der Waals surface area contributed by atoms with Crippen LogP contribution in [0.25, 0.3) is 10.9 Å². The summed E-state index contributed by atoms with van der Waals surface area (Å²) in [6.45, 7) is 1.24. The molecule has 0 saturated heterocycles. The highest BCUT2D eigenvalue weighted by atomic mass is 35.5. The second-order valence-electron chi connectivity index (χ2n) is 5.32. The van der Waals surface area contributed by atoms with Gasteiger partial charge in [-0.05, 0) is 54.4 Å². The number of hydrogen-bond acceptors (Lipinski definition) is 3. The third-order valence-electron chi connectivity index (χ3n) is 3.75. The van der Waals surface area contributed by atoms with E-state index in [9.17, 15) is 5.11 Å². The standard InChI is InChI=1S/C18H20N2O2.ClH/c19-9-7-14-12-20-18-6-5-16(11-17(14)18)22-10-8-13-1-3-15(21)4-2-13;/h1-6,11-12,20-21H,7-10,19H2;1H. The Morgan fingerprint density at radius 3 is 2.57 bits per heavy atom. The van der Waals surface area contributed by atoms with Gasteiger partial charge in [0.05, 0.1) is 6.61 Å². The number of rotatable bonds is 6. The van der Waals surface area contributed by atoms with Gasteiger partial charge in [0.25, 0.3) is 0 Å². The van der Waals surface area contributed by atoms with E-state index >= 15 is 0 Å². The molecule has 1 heterocycles. The zero-order valence-electron chi connectivity index (χ0n) is 12.8. The molecule has 0 amide bonds. The Bertz CT molecular complexity index is 753. The molecule has 0 unspecified atom stereocenters. The van der Waals surface area contributed by atoms with E-state index in [4.69, 9.17) is 10.5 Å². The van der Waals surface area contributed by atoms with Crippen LogP contribution in [0.3, 0.4) is 0 Å². The second-order valence-corrected chi connectivity index (χ2v) is 5.32. The second kappa shape index (κ2) is 7.90. The van der Waals surface area contributed by atoms with Gasteiger partial charge in [-0.25, -0.2) is 0 Å². The van der Waals surface area contributed by atoms with E-state index in [2.05, 4.69) is 11.1 Å². The van der Waals surface area contributed by atoms with E-state index in [-0.39, 0.29) is 18.2 Å². The number of fused-ring (bicyclic) bond motifs is 1. The van der Waals surface area contributed by atoms with Crippen molar-refractivity contribution < 1.29 is 9.84 Å². The first kappa shape index (κ1) is 17.2. The maximum atomic E-state index is 9.27. The first-order valence-electron chi connectivity index (χ1n) is 7.47. The lowest BCUT2D eigenvalue weighted by molar-refractivity contribution is 0.322. The Kier molecular flexibility index (Phi) is 5.90. The average molecular weight is 333 g/mol. The Hall–Kier alpha value is -2.17. The largest absolute Gasteiger partial charge is 0.508 e. The van der Waals surface area contributed by atoms with Crippen LogP contribution < -0.4 is 10.5 Å². The third kappa shape index (κ3) is 4.18. The number of halogens is 1. The van der Waals surface area contributed by atoms with Crippen molar-refractivity contribution in [2.24, 2.45) is 5.73 Å². The minimum absolute atomic E-state index is 0. The van der Waals surface area contributed by atoms with Crippen LogP contribution in [-0.4, -0.2) is 23.2 Å². The van der Waals surface area contributed by atoms with Crippen LogP contribution in [0, 0.1) is 0 Å². The maximum absolute atomic E-state index is 9.27. The lowest BCUT2D eigenvalue weighted by Gasteiger charge is -2.07. The SMILES string of the molecule is Cl.NCCc1c[nH]c2ccc(OCCc3ccc(O)cc3)cc12. The number of aromatic amines is 1. The van der Waals surface area contributed by atoms with Crippen molar-refractivity contribution in [3.05, 3.63) is 59.8 Å². The van der Waals surface area contributed by atoms with Gasteiger partial charge in [0.15, 0.2) is 0 Å². The van der Waals surface area contributed by atoms with E-state index in [0.29, 0.717) is 13.2 Å². The number of hydrogen-bond donors (Lipinski definition) is 3. The van der Waals surface area contributed by atoms with Gasteiger partial charge in [-0.2, -0.15) is 0 Å². The van der Waals surface area contributed by atoms with Gasteiger partial charge in [0.1, 0.15) is 11.5 Å². The molecule has 122 valence electrons. The Morgan fingerprint density at radius 1 is 1.04 bits per heavy atom. The number of nitrogens with two attached hydrogens (primary N) is 1. The summed E-state index contributed by atoms with van der Waals surface area (Å²) in [4.78, 5) is 3.25. The molecule has 0 aliphatic carbocycles. The number of ether oxygens (including phenoxy) is 1. The number of aromatic nitrogens is 1. The summed E-state index contributed by atoms with van der Waals surface area (Å²) in [7, 11) is 0. The van der Waals surface area contributed by atoms with E-state index in [1.165, 1.54) is 10.9 Å². The number of nitrogens with one attached hydrogen (secondary N) is 1. The van der Waals surface area contributed by atoms with Crippen LogP contribution in [0.4, 0.5) is 0 Å². The first-order chi connectivity index (χ1) is 10.8. The molecule has 0 radical (unpaired) electrons. The van der Waals surface area contributed by atoms with Crippen molar-refractivity contribution in [2.75, 3.05) is 13.2 Å². The monoisotopic (exact) mass is 332 g/mol. The van der Waals surface area contributed by atoms with Gasteiger partial charge < -0.3 is 20.6 Å². The molecule has 23 heavy (non-hydrogen) atoms. The maximum Gasteiger partial charge on any atom is 0.120 e. The Balaban J connectivity index is 0.00000192. The van der Waals surface area contributed by atoms with Crippen LogP contribution in [0.2, 0.25) is 0 Å². The van der Waals surface area contributed by atoms with Crippen molar-refractivity contribution in [2.45, 2.75) is 12.8 Å². The summed E-state index contributed by atoms with van der Waals surface area (Å²) in [6, 6.07) is 13.3. The summed E-state index contributed by atoms with van der Waals surface area (Å²) in [5, 5.41) is 10.4. The van der Waals surface area contributed by atoms with Gasteiger partial charge >= 0.3 is 0 Å². The van der Waals surface area contributed by atoms with E-state index < -0.39 is 0 Å². The molecule has 0 aliphatic rings. The molecular formula is C18H21ClN2O2. The smallest absolute Gasteiger partial charge is 0.120 e. The first-order valence-corrected chi connectivity index (χ1v) is 7.47. The van der Waals surface area contributed by atoms with Crippen LogP contribution >= 0.6 is 12.4 Å². The normalized spacial score (nSPS) is 10.5. The van der Waals surface area contributed by atoms with Gasteiger partial charge in [-0.1, -0.05) is 12.1 Å². The fourth-order valence-electron chi connectivity index (χ4n) is 2.56. The minimum atomic E-state index is 0. The minimum Gasteiger partial charge on any atom is -0.508 e. The highest BCUT2D eigenvalue weighted by Gasteiger charge is 2.05. The zero-order chi connectivity index (χ0) is 15.4. The van der Waals surface area contributed by atoms with Crippen LogP contribution in [0.15, 0.2) is 48.7 Å². The fraction of sp³-hybridized carbons (Fsp3) is 0.222. The molecule has 0 atom stereocenters. The van der Waals surface area contributed by atoms with Crippen molar-refractivity contribution in [3.8, 4) is 11.5 Å². The van der Waals surface area contributed by atoms with Gasteiger partial charge in [0, 0.05) is 23.5 Å². The lowest BCUT2D eigenvalue weighted by atomic mass is 10.1. The summed E-state index contributed by atoms with van der Waals surface area (Å²) in [5.41, 5.74) is 9.11. The molecule has 2 aromatic carbocycles. The predicted octanol–water partition coefficient (Wildman–Crippen LogP) is 3.42. The van der Waals surface area contributed by atoms with Gasteiger partial charge in [-0.3, -0.25) is 0 Å². The molecule has 0 fully saturated rings. The Labute approximate surface area is 141 Å². The van der Waals surface area contributed by atoms with Crippen LogP contribution in [-0.2, 0) is 12.8 Å². The number of phenolic OH excluding ortho intramolecular Hbond substituents is 1. The molecule has 1 aromatic heterocycles. The number of phenols is 1. The lowest BCUT2D eigenvalue weighted by Crippen LogP contribution is -2.02. The molecule has 0 saturated carbocycles. The van der Waals surface area contributed by atoms with Gasteiger partial charge in [0.2, 0.25) is 0 Å². The molecule has 0 bridgehead atoms. The molecule has 3 aromatic rings. The molecule has 5 heteroatoms. The molecule has 4 N–H and O–H groups in total.